The molecule has 24 heavy (non-hydrogen) atoms. The van der Waals surface area contributed by atoms with Crippen LogP contribution >= 0.6 is 11.6 Å². The fraction of sp³-hybridized carbons (Fsp3) is 0.0625. The van der Waals surface area contributed by atoms with Gasteiger partial charge in [-0.15, -0.1) is 21.8 Å². The molecular weight excluding hydrogens is 332 g/mol. The van der Waals surface area contributed by atoms with Crippen molar-refractivity contribution in [1.82, 2.24) is 14.8 Å². The van der Waals surface area contributed by atoms with Crippen molar-refractivity contribution < 1.29 is 9.72 Å². The first-order valence-electron chi connectivity index (χ1n) is 6.95. The van der Waals surface area contributed by atoms with Crippen LogP contribution in [0.3, 0.4) is 0 Å². The van der Waals surface area contributed by atoms with Gasteiger partial charge in [0.25, 0.3) is 5.69 Å². The van der Waals surface area contributed by atoms with Gasteiger partial charge in [-0.2, -0.15) is 0 Å². The molecule has 0 aliphatic rings. The Hall–Kier alpha value is -3.06. The van der Waals surface area contributed by atoms with E-state index in [1.54, 1.807) is 34.9 Å². The lowest BCUT2D eigenvalue weighted by Crippen LogP contribution is -2.09. The number of rotatable bonds is 5. The first-order chi connectivity index (χ1) is 11.6. The van der Waals surface area contributed by atoms with Gasteiger partial charge in [0.15, 0.2) is 11.6 Å². The Morgan fingerprint density at radius 2 is 1.96 bits per heavy atom. The van der Waals surface area contributed by atoms with Crippen molar-refractivity contribution in [3.05, 3.63) is 81.9 Å². The maximum absolute atomic E-state index is 12.8. The molecule has 0 amide bonds. The first-order valence-corrected chi connectivity index (χ1v) is 7.48. The van der Waals surface area contributed by atoms with Crippen molar-refractivity contribution in [3.8, 4) is 5.69 Å². The quantitative estimate of drug-likeness (QED) is 0.307. The van der Waals surface area contributed by atoms with E-state index in [1.165, 1.54) is 24.5 Å². The molecule has 0 radical (unpaired) electrons. The Labute approximate surface area is 141 Å². The van der Waals surface area contributed by atoms with E-state index in [9.17, 15) is 14.9 Å². The molecule has 7 nitrogen and oxygen atoms in total. The summed E-state index contributed by atoms with van der Waals surface area (Å²) in [5.74, 6) is 0.201. The van der Waals surface area contributed by atoms with E-state index in [-0.39, 0.29) is 22.9 Å². The number of alkyl halides is 1. The third-order valence-corrected chi connectivity index (χ3v) is 3.71. The van der Waals surface area contributed by atoms with Gasteiger partial charge in [-0.1, -0.05) is 30.3 Å². The molecule has 1 heterocycles. The highest BCUT2D eigenvalue weighted by atomic mass is 35.5. The van der Waals surface area contributed by atoms with Crippen molar-refractivity contribution in [2.75, 3.05) is 0 Å². The number of hydrogen-bond donors (Lipinski definition) is 0. The summed E-state index contributed by atoms with van der Waals surface area (Å²) in [5.41, 5.74) is 0.884. The molecule has 3 rings (SSSR count). The van der Waals surface area contributed by atoms with Gasteiger partial charge in [-0.3, -0.25) is 19.5 Å². The summed E-state index contributed by atoms with van der Waals surface area (Å²) < 4.78 is 1.55. The van der Waals surface area contributed by atoms with Crippen LogP contribution in [0.5, 0.6) is 0 Å². The van der Waals surface area contributed by atoms with Crippen LogP contribution in [0.2, 0.25) is 0 Å². The fourth-order valence-electron chi connectivity index (χ4n) is 2.33. The summed E-state index contributed by atoms with van der Waals surface area (Å²) in [7, 11) is 0. The summed E-state index contributed by atoms with van der Waals surface area (Å²) in [6.45, 7) is 0. The molecule has 0 spiro atoms. The number of carbonyl (C=O) groups excluding carboxylic acids is 1. The third kappa shape index (κ3) is 2.89. The van der Waals surface area contributed by atoms with Gasteiger partial charge in [0.2, 0.25) is 0 Å². The summed E-state index contributed by atoms with van der Waals surface area (Å²) in [4.78, 5) is 23.4. The van der Waals surface area contributed by atoms with Crippen LogP contribution in [-0.2, 0) is 5.88 Å². The van der Waals surface area contributed by atoms with Crippen LogP contribution in [0.15, 0.2) is 54.9 Å². The van der Waals surface area contributed by atoms with Crippen LogP contribution in [0.1, 0.15) is 21.7 Å². The zero-order valence-electron chi connectivity index (χ0n) is 12.3. The minimum atomic E-state index is -0.541. The number of ketones is 1. The second kappa shape index (κ2) is 6.59. The first kappa shape index (κ1) is 15.8. The average molecular weight is 343 g/mol. The van der Waals surface area contributed by atoms with Gasteiger partial charge in [0, 0.05) is 17.7 Å². The minimum absolute atomic E-state index is 0.0932. The van der Waals surface area contributed by atoms with Crippen LogP contribution in [0.25, 0.3) is 5.69 Å². The number of non-ortho nitro benzene ring substituents is 1. The number of carbonyl (C=O) groups is 1. The van der Waals surface area contributed by atoms with Crippen molar-refractivity contribution in [2.45, 2.75) is 5.88 Å². The van der Waals surface area contributed by atoms with Crippen molar-refractivity contribution in [2.24, 2.45) is 0 Å². The number of aromatic nitrogens is 3. The highest BCUT2D eigenvalue weighted by molar-refractivity contribution is 6.16. The van der Waals surface area contributed by atoms with E-state index in [4.69, 9.17) is 11.6 Å². The molecule has 2 aromatic carbocycles. The van der Waals surface area contributed by atoms with Crippen LogP contribution < -0.4 is 0 Å². The van der Waals surface area contributed by atoms with Crippen LogP contribution in [0, 0.1) is 10.1 Å². The molecular formula is C16H11ClN4O3. The maximum Gasteiger partial charge on any atom is 0.270 e. The predicted octanol–water partition coefficient (Wildman–Crippen LogP) is 3.15. The normalized spacial score (nSPS) is 10.5. The SMILES string of the molecule is O=C(c1ccccc1)c1cc([N+](=O)[O-])ccc1-n1cnnc1CCl. The lowest BCUT2D eigenvalue weighted by Gasteiger charge is -2.11. The molecule has 1 aromatic heterocycles. The Kier molecular flexibility index (Phi) is 4.35. The van der Waals surface area contributed by atoms with E-state index in [2.05, 4.69) is 10.2 Å². The third-order valence-electron chi connectivity index (χ3n) is 3.47. The van der Waals surface area contributed by atoms with Crippen molar-refractivity contribution in [1.29, 1.82) is 0 Å². The molecule has 0 aliphatic heterocycles. The molecule has 0 atom stereocenters. The molecule has 0 saturated heterocycles. The number of hydrogen-bond acceptors (Lipinski definition) is 5. The standard InChI is InChI=1S/C16H11ClN4O3/c17-9-15-19-18-10-20(15)14-7-6-12(21(23)24)8-13(14)16(22)11-4-2-1-3-5-11/h1-8,10H,9H2. The van der Waals surface area contributed by atoms with Gasteiger partial charge >= 0.3 is 0 Å². The summed E-state index contributed by atoms with van der Waals surface area (Å²) in [6.07, 6.45) is 1.42. The fourth-order valence-corrected chi connectivity index (χ4v) is 2.51. The highest BCUT2D eigenvalue weighted by Gasteiger charge is 2.20. The second-order valence-electron chi connectivity index (χ2n) is 4.90. The molecule has 0 aliphatic carbocycles. The van der Waals surface area contributed by atoms with E-state index in [0.29, 0.717) is 17.1 Å². The Morgan fingerprint density at radius 3 is 2.62 bits per heavy atom. The number of benzene rings is 2. The topological polar surface area (TPSA) is 90.9 Å². The van der Waals surface area contributed by atoms with Gasteiger partial charge in [-0.05, 0) is 6.07 Å². The van der Waals surface area contributed by atoms with Gasteiger partial charge < -0.3 is 0 Å². The average Bonchev–Trinajstić information content (AvgIpc) is 3.09. The van der Waals surface area contributed by atoms with Crippen molar-refractivity contribution in [3.63, 3.8) is 0 Å². The second-order valence-corrected chi connectivity index (χ2v) is 5.17. The van der Waals surface area contributed by atoms with Gasteiger partial charge in [0.05, 0.1) is 22.1 Å². The van der Waals surface area contributed by atoms with E-state index >= 15 is 0 Å². The monoisotopic (exact) mass is 342 g/mol. The summed E-state index contributed by atoms with van der Waals surface area (Å²) in [5, 5.41) is 18.7. The molecule has 0 N–H and O–H groups in total. The molecule has 8 heteroatoms. The molecule has 0 saturated carbocycles. The Morgan fingerprint density at radius 1 is 1.21 bits per heavy atom. The number of nitro benzene ring substituents is 1. The molecule has 3 aromatic rings. The molecule has 0 fully saturated rings. The number of nitro groups is 1. The summed E-state index contributed by atoms with van der Waals surface area (Å²) in [6, 6.07) is 12.6. The van der Waals surface area contributed by atoms with Crippen molar-refractivity contribution >= 4 is 23.1 Å². The summed E-state index contributed by atoms with van der Waals surface area (Å²) >= 11 is 5.84. The Bertz CT molecular complexity index is 909. The van der Waals surface area contributed by atoms with E-state index in [1.807, 2.05) is 0 Å². The zero-order valence-corrected chi connectivity index (χ0v) is 13.1. The molecule has 0 bridgehead atoms. The van der Waals surface area contributed by atoms with Gasteiger partial charge in [0.1, 0.15) is 6.33 Å². The molecule has 0 unspecified atom stereocenters. The smallest absolute Gasteiger partial charge is 0.270 e. The molecule has 120 valence electrons. The Balaban J connectivity index is 2.19. The highest BCUT2D eigenvalue weighted by Crippen LogP contribution is 2.25. The van der Waals surface area contributed by atoms with Crippen LogP contribution in [0.4, 0.5) is 5.69 Å². The lowest BCUT2D eigenvalue weighted by atomic mass is 10.0. The predicted molar refractivity (Wildman–Crippen MR) is 87.4 cm³/mol. The zero-order chi connectivity index (χ0) is 17.1. The number of halogens is 1. The van der Waals surface area contributed by atoms with E-state index < -0.39 is 4.92 Å². The lowest BCUT2D eigenvalue weighted by molar-refractivity contribution is -0.384. The van der Waals surface area contributed by atoms with Crippen LogP contribution in [-0.4, -0.2) is 25.5 Å². The maximum atomic E-state index is 12.8. The number of nitrogens with zero attached hydrogens (tertiary/aromatic N) is 4. The minimum Gasteiger partial charge on any atom is -0.289 e. The van der Waals surface area contributed by atoms with Gasteiger partial charge in [-0.25, -0.2) is 0 Å². The largest absolute Gasteiger partial charge is 0.289 e. The van der Waals surface area contributed by atoms with E-state index in [0.717, 1.165) is 0 Å².